The van der Waals surface area contributed by atoms with E-state index in [2.05, 4.69) is 52.7 Å². The molecule has 108 valence electrons. The molecule has 0 unspecified atom stereocenters. The first-order valence-corrected chi connectivity index (χ1v) is 9.17. The van der Waals surface area contributed by atoms with E-state index in [-0.39, 0.29) is 0 Å². The maximum atomic E-state index is 4.88. The fourth-order valence-corrected chi connectivity index (χ4v) is 5.08. The Hall–Kier alpha value is -1.63. The number of hydrogen-bond acceptors (Lipinski definition) is 6. The number of para-hydroxylation sites is 1. The monoisotopic (exact) mass is 341 g/mol. The summed E-state index contributed by atoms with van der Waals surface area (Å²) in [7, 11) is 0. The van der Waals surface area contributed by atoms with Crippen LogP contribution in [0, 0.1) is 6.92 Å². The van der Waals surface area contributed by atoms with Crippen LogP contribution in [0.3, 0.4) is 0 Å². The normalized spacial score (nSPS) is 13.0. The average molecular weight is 341 g/mol. The van der Waals surface area contributed by atoms with E-state index in [0.29, 0.717) is 0 Å². The van der Waals surface area contributed by atoms with Gasteiger partial charge >= 0.3 is 0 Å². The molecule has 0 bridgehead atoms. The van der Waals surface area contributed by atoms with E-state index >= 15 is 0 Å². The second-order valence-electron chi connectivity index (χ2n) is 4.67. The third-order valence-electron chi connectivity index (χ3n) is 3.12. The summed E-state index contributed by atoms with van der Waals surface area (Å²) in [6, 6.07) is 16.6. The summed E-state index contributed by atoms with van der Waals surface area (Å²) in [6.07, 6.45) is 0. The van der Waals surface area contributed by atoms with Crippen LogP contribution in [-0.2, 0) is 0 Å². The molecule has 4 rings (SSSR count). The number of nitrogens with zero attached hydrogens (tertiary/aromatic N) is 3. The van der Waals surface area contributed by atoms with Gasteiger partial charge in [-0.2, -0.15) is 0 Å². The lowest BCUT2D eigenvalue weighted by Gasteiger charge is -2.06. The van der Waals surface area contributed by atoms with Crippen LogP contribution in [0.15, 0.2) is 67.7 Å². The highest BCUT2D eigenvalue weighted by Crippen LogP contribution is 2.42. The first-order valence-electron chi connectivity index (χ1n) is 6.72. The van der Waals surface area contributed by atoms with Crippen LogP contribution >= 0.6 is 34.9 Å². The number of hydrogen-bond donors (Lipinski definition) is 0. The molecular formula is C16H11N3S3. The summed E-state index contributed by atoms with van der Waals surface area (Å²) in [5.74, 6) is 0. The molecule has 22 heavy (non-hydrogen) atoms. The van der Waals surface area contributed by atoms with Crippen molar-refractivity contribution >= 4 is 45.6 Å². The molecule has 0 radical (unpaired) electrons. The Morgan fingerprint density at radius 3 is 2.50 bits per heavy atom. The molecule has 1 aliphatic heterocycles. The van der Waals surface area contributed by atoms with Gasteiger partial charge in [0.2, 0.25) is 0 Å². The van der Waals surface area contributed by atoms with Gasteiger partial charge in [0.05, 0.1) is 5.69 Å². The van der Waals surface area contributed by atoms with Gasteiger partial charge in [0.25, 0.3) is 0 Å². The van der Waals surface area contributed by atoms with Crippen LogP contribution in [0.25, 0.3) is 0 Å². The van der Waals surface area contributed by atoms with E-state index < -0.39 is 0 Å². The predicted molar refractivity (Wildman–Crippen MR) is 93.7 cm³/mol. The van der Waals surface area contributed by atoms with Gasteiger partial charge < -0.3 is 0 Å². The molecule has 0 saturated heterocycles. The van der Waals surface area contributed by atoms with E-state index in [0.717, 1.165) is 25.6 Å². The van der Waals surface area contributed by atoms with Gasteiger partial charge in [-0.25, -0.2) is 4.99 Å². The van der Waals surface area contributed by atoms with E-state index in [1.807, 2.05) is 13.0 Å². The molecule has 0 N–H and O–H groups in total. The van der Waals surface area contributed by atoms with Crippen molar-refractivity contribution in [3.05, 3.63) is 59.1 Å². The minimum Gasteiger partial charge on any atom is -0.240 e. The minimum absolute atomic E-state index is 0.926. The summed E-state index contributed by atoms with van der Waals surface area (Å²) in [6.45, 7) is 1.97. The van der Waals surface area contributed by atoms with E-state index in [4.69, 9.17) is 4.99 Å². The highest BCUT2D eigenvalue weighted by Gasteiger charge is 2.19. The molecule has 0 spiro atoms. The van der Waals surface area contributed by atoms with Gasteiger partial charge in [-0.3, -0.25) is 0 Å². The minimum atomic E-state index is 0.926. The highest BCUT2D eigenvalue weighted by molar-refractivity contribution is 8.15. The number of fused-ring (bicyclic) bond motifs is 2. The Morgan fingerprint density at radius 1 is 0.909 bits per heavy atom. The fourth-order valence-electron chi connectivity index (χ4n) is 2.14. The van der Waals surface area contributed by atoms with E-state index in [9.17, 15) is 0 Å². The van der Waals surface area contributed by atoms with Gasteiger partial charge in [-0.1, -0.05) is 53.4 Å². The van der Waals surface area contributed by atoms with Crippen molar-refractivity contribution in [2.24, 2.45) is 4.99 Å². The van der Waals surface area contributed by atoms with Crippen LogP contribution < -0.4 is 0 Å². The van der Waals surface area contributed by atoms with Crippen molar-refractivity contribution in [1.29, 1.82) is 0 Å². The Morgan fingerprint density at radius 2 is 1.68 bits per heavy atom. The molecule has 3 nitrogen and oxygen atoms in total. The van der Waals surface area contributed by atoms with Crippen LogP contribution in [0.4, 0.5) is 5.69 Å². The molecule has 2 aromatic carbocycles. The first-order chi connectivity index (χ1) is 10.8. The average Bonchev–Trinajstić information content (AvgIpc) is 2.87. The molecule has 6 heteroatoms. The lowest BCUT2D eigenvalue weighted by Crippen LogP contribution is -1.96. The highest BCUT2D eigenvalue weighted by atomic mass is 32.2. The largest absolute Gasteiger partial charge is 0.240 e. The summed E-state index contributed by atoms with van der Waals surface area (Å²) in [4.78, 5) is 7.28. The zero-order valence-corrected chi connectivity index (χ0v) is 14.1. The Kier molecular flexibility index (Phi) is 3.73. The topological polar surface area (TPSA) is 38.1 Å². The van der Waals surface area contributed by atoms with Gasteiger partial charge in [0.1, 0.15) is 10.1 Å². The molecule has 0 saturated carbocycles. The smallest absolute Gasteiger partial charge is 0.180 e. The van der Waals surface area contributed by atoms with Crippen molar-refractivity contribution in [2.75, 3.05) is 0 Å². The van der Waals surface area contributed by atoms with Crippen molar-refractivity contribution in [3.63, 3.8) is 0 Å². The molecule has 1 aromatic heterocycles. The number of aryl methyl sites for hydroxylation is 1. The first kappa shape index (κ1) is 14.0. The quantitative estimate of drug-likeness (QED) is 0.611. The Bertz CT molecular complexity index is 870. The van der Waals surface area contributed by atoms with Gasteiger partial charge in [-0.05, 0) is 36.9 Å². The van der Waals surface area contributed by atoms with E-state index in [1.54, 1.807) is 34.9 Å². The number of thioether (sulfide) groups is 1. The number of aliphatic imine (C=N–C) groups is 1. The fraction of sp³-hybridized carbons (Fsp3) is 0.0625. The lowest BCUT2D eigenvalue weighted by molar-refractivity contribution is 0.986. The summed E-state index contributed by atoms with van der Waals surface area (Å²) >= 11 is 4.95. The molecule has 3 aromatic rings. The second kappa shape index (κ2) is 5.87. The summed E-state index contributed by atoms with van der Waals surface area (Å²) in [5.41, 5.74) is 2.16. The zero-order valence-electron chi connectivity index (χ0n) is 11.7. The standard InChI is InChI=1S/C16H11N3S3/c1-10-18-19-16(20-10)22-15-11-6-2-4-8-13(11)21-14-9-5-3-7-12(14)17-15/h2-9H,1H3. The van der Waals surface area contributed by atoms with Crippen LogP contribution in [-0.4, -0.2) is 15.2 Å². The molecule has 0 fully saturated rings. The third-order valence-corrected chi connectivity index (χ3v) is 6.15. The zero-order chi connectivity index (χ0) is 14.9. The lowest BCUT2D eigenvalue weighted by atomic mass is 10.2. The molecule has 0 aliphatic carbocycles. The second-order valence-corrected chi connectivity index (χ2v) is 8.17. The van der Waals surface area contributed by atoms with Crippen molar-refractivity contribution in [1.82, 2.24) is 10.2 Å². The number of benzene rings is 2. The van der Waals surface area contributed by atoms with Crippen LogP contribution in [0.2, 0.25) is 0 Å². The van der Waals surface area contributed by atoms with Crippen molar-refractivity contribution in [3.8, 4) is 0 Å². The maximum Gasteiger partial charge on any atom is 0.180 e. The van der Waals surface area contributed by atoms with Crippen molar-refractivity contribution in [2.45, 2.75) is 21.1 Å². The van der Waals surface area contributed by atoms with Crippen molar-refractivity contribution < 1.29 is 0 Å². The van der Waals surface area contributed by atoms with Gasteiger partial charge in [-0.15, -0.1) is 10.2 Å². The molecule has 2 heterocycles. The third kappa shape index (κ3) is 2.69. The number of aromatic nitrogens is 2. The maximum absolute atomic E-state index is 4.88. The molecule has 0 amide bonds. The molecule has 1 aliphatic rings. The van der Waals surface area contributed by atoms with Crippen LogP contribution in [0.1, 0.15) is 10.6 Å². The number of rotatable bonds is 1. The summed E-state index contributed by atoms with van der Waals surface area (Å²) < 4.78 is 0.926. The summed E-state index contributed by atoms with van der Waals surface area (Å²) in [5, 5.41) is 10.3. The SMILES string of the molecule is Cc1nnc(SC2=Nc3ccccc3Sc3ccccc32)s1. The Balaban J connectivity index is 1.84. The Labute approximate surface area is 140 Å². The van der Waals surface area contributed by atoms with E-state index in [1.165, 1.54) is 9.79 Å². The predicted octanol–water partition coefficient (Wildman–Crippen LogP) is 5.18. The van der Waals surface area contributed by atoms with Crippen LogP contribution in [0.5, 0.6) is 0 Å². The van der Waals surface area contributed by atoms with Gasteiger partial charge in [0.15, 0.2) is 4.34 Å². The molecule has 0 atom stereocenters. The van der Waals surface area contributed by atoms with Gasteiger partial charge in [0, 0.05) is 15.4 Å². The molecular weight excluding hydrogens is 330 g/mol.